The molecule has 6 rings (SSSR count). The second-order valence-corrected chi connectivity index (χ2v) is 17.3. The summed E-state index contributed by atoms with van der Waals surface area (Å²) in [5.41, 5.74) is 3.62. The van der Waals surface area contributed by atoms with Crippen LogP contribution >= 0.6 is 0 Å². The highest BCUT2D eigenvalue weighted by molar-refractivity contribution is 5.94. The first-order valence-electron chi connectivity index (χ1n) is 17.8. The van der Waals surface area contributed by atoms with Crippen LogP contribution in [0.4, 0.5) is 0 Å². The van der Waals surface area contributed by atoms with Crippen molar-refractivity contribution in [1.29, 1.82) is 0 Å². The summed E-state index contributed by atoms with van der Waals surface area (Å²) in [5, 5.41) is 0. The first-order chi connectivity index (χ1) is 20.6. The Hall–Kier alpha value is -1.69. The van der Waals surface area contributed by atoms with Crippen molar-refractivity contribution in [3.05, 3.63) is 11.1 Å². The maximum Gasteiger partial charge on any atom is 0.317 e. The molecule has 6 nitrogen and oxygen atoms in total. The summed E-state index contributed by atoms with van der Waals surface area (Å²) in [6, 6.07) is 0. The first kappa shape index (κ1) is 32.3. The van der Waals surface area contributed by atoms with E-state index in [0.29, 0.717) is 48.2 Å². The zero-order chi connectivity index (χ0) is 31.9. The monoisotopic (exact) mass is 610 g/mol. The van der Waals surface area contributed by atoms with Gasteiger partial charge in [-0.3, -0.25) is 14.4 Å². The topological polar surface area (TPSA) is 78.9 Å². The Morgan fingerprint density at radius 1 is 0.886 bits per heavy atom. The molecule has 0 aromatic heterocycles. The normalized spacial score (nSPS) is 47.2. The van der Waals surface area contributed by atoms with Crippen LogP contribution in [0.3, 0.4) is 0 Å². The fourth-order valence-corrected chi connectivity index (χ4v) is 13.1. The van der Waals surface area contributed by atoms with Gasteiger partial charge in [-0.25, -0.2) is 0 Å². The molecule has 0 aromatic carbocycles. The van der Waals surface area contributed by atoms with Gasteiger partial charge in [-0.1, -0.05) is 45.8 Å². The van der Waals surface area contributed by atoms with E-state index in [2.05, 4.69) is 48.5 Å². The van der Waals surface area contributed by atoms with Gasteiger partial charge in [-0.2, -0.15) is 0 Å². The molecular formula is C38H58O6. The molecule has 1 aliphatic heterocycles. The molecule has 0 aromatic rings. The maximum absolute atomic E-state index is 12.5. The molecule has 5 unspecified atom stereocenters. The van der Waals surface area contributed by atoms with Crippen LogP contribution in [-0.4, -0.2) is 37.2 Å². The van der Waals surface area contributed by atoms with Gasteiger partial charge in [0, 0.05) is 18.9 Å². The van der Waals surface area contributed by atoms with Gasteiger partial charge >= 0.3 is 17.9 Å². The number of fused-ring (bicyclic) bond motifs is 7. The van der Waals surface area contributed by atoms with Crippen LogP contribution < -0.4 is 0 Å². The second-order valence-electron chi connectivity index (χ2n) is 17.3. The van der Waals surface area contributed by atoms with E-state index >= 15 is 0 Å². The molecule has 5 aliphatic carbocycles. The predicted octanol–water partition coefficient (Wildman–Crippen LogP) is 8.22. The summed E-state index contributed by atoms with van der Waals surface area (Å²) in [7, 11) is 0. The molecule has 6 aliphatic rings. The predicted molar refractivity (Wildman–Crippen MR) is 169 cm³/mol. The summed E-state index contributed by atoms with van der Waals surface area (Å²) in [5.74, 6) is 0.898. The van der Waals surface area contributed by atoms with Crippen LogP contribution in [0.5, 0.6) is 0 Å². The third-order valence-corrected chi connectivity index (χ3v) is 15.3. The average Bonchev–Trinajstić information content (AvgIpc) is 3.48. The summed E-state index contributed by atoms with van der Waals surface area (Å²) in [4.78, 5) is 36.5. The van der Waals surface area contributed by atoms with Crippen LogP contribution in [0.15, 0.2) is 11.1 Å². The van der Waals surface area contributed by atoms with Gasteiger partial charge < -0.3 is 14.2 Å². The molecule has 5 saturated carbocycles. The van der Waals surface area contributed by atoms with Crippen molar-refractivity contribution < 1.29 is 28.6 Å². The lowest BCUT2D eigenvalue weighted by Crippen LogP contribution is -2.66. The molecule has 44 heavy (non-hydrogen) atoms. The van der Waals surface area contributed by atoms with Gasteiger partial charge in [-0.05, 0) is 130 Å². The summed E-state index contributed by atoms with van der Waals surface area (Å²) < 4.78 is 17.2. The minimum absolute atomic E-state index is 0.0414. The number of cyclic esters (lactones) is 2. The largest absolute Gasteiger partial charge is 0.465 e. The van der Waals surface area contributed by atoms with Crippen molar-refractivity contribution in [1.82, 2.24) is 0 Å². The SMILES string of the molecule is CCO[C@H]1CC[C@@]2(C)C(CC[C@]3(C)C2CCC2C4/C(=C(\C)CC5CC(=O)OC5=O)CC[C@]4(COC(C)=O)CC[C@]23C)C1(C)C. The maximum atomic E-state index is 12.5. The number of hydrogen-bond donors (Lipinski definition) is 0. The van der Waals surface area contributed by atoms with Crippen LogP contribution in [0.1, 0.15) is 132 Å². The van der Waals surface area contributed by atoms with Crippen LogP contribution in [0, 0.1) is 56.7 Å². The summed E-state index contributed by atoms with van der Waals surface area (Å²) in [6.07, 6.45) is 12.8. The number of rotatable bonds is 6. The molecule has 10 atom stereocenters. The molecule has 0 bridgehead atoms. The molecule has 246 valence electrons. The van der Waals surface area contributed by atoms with Crippen molar-refractivity contribution in [3.8, 4) is 0 Å². The van der Waals surface area contributed by atoms with E-state index in [4.69, 9.17) is 14.2 Å². The van der Waals surface area contributed by atoms with Gasteiger partial charge in [0.05, 0.1) is 25.0 Å². The van der Waals surface area contributed by atoms with Crippen LogP contribution in [0.2, 0.25) is 0 Å². The third-order valence-electron chi connectivity index (χ3n) is 15.3. The highest BCUT2D eigenvalue weighted by Crippen LogP contribution is 2.77. The minimum atomic E-state index is -0.396. The zero-order valence-electron chi connectivity index (χ0n) is 28.8. The molecular weight excluding hydrogens is 552 g/mol. The zero-order valence-corrected chi connectivity index (χ0v) is 28.8. The third kappa shape index (κ3) is 4.60. The molecule has 1 heterocycles. The van der Waals surface area contributed by atoms with E-state index in [1.807, 2.05) is 0 Å². The Kier molecular flexibility index (Phi) is 8.02. The van der Waals surface area contributed by atoms with Crippen LogP contribution in [-0.2, 0) is 28.6 Å². The van der Waals surface area contributed by atoms with Gasteiger partial charge in [0.15, 0.2) is 0 Å². The van der Waals surface area contributed by atoms with Gasteiger partial charge in [0.1, 0.15) is 0 Å². The van der Waals surface area contributed by atoms with Crippen LogP contribution in [0.25, 0.3) is 0 Å². The molecule has 0 spiro atoms. The molecule has 6 heteroatoms. The molecule has 0 amide bonds. The number of hydrogen-bond acceptors (Lipinski definition) is 6. The van der Waals surface area contributed by atoms with E-state index in [1.54, 1.807) is 0 Å². The van der Waals surface area contributed by atoms with E-state index < -0.39 is 5.97 Å². The highest BCUT2D eigenvalue weighted by Gasteiger charge is 2.70. The van der Waals surface area contributed by atoms with Crippen molar-refractivity contribution in [2.45, 2.75) is 139 Å². The number of carbonyl (C=O) groups is 3. The second kappa shape index (κ2) is 10.9. The van der Waals surface area contributed by atoms with Gasteiger partial charge in [-0.15, -0.1) is 0 Å². The van der Waals surface area contributed by atoms with E-state index in [0.717, 1.165) is 32.3 Å². The molecule has 0 N–H and O–H groups in total. The van der Waals surface area contributed by atoms with Crippen molar-refractivity contribution in [2.24, 2.45) is 56.7 Å². The smallest absolute Gasteiger partial charge is 0.317 e. The standard InChI is InChI=1S/C38H58O6/c1-9-42-30-14-15-35(6)28(34(30,4)5)13-16-37(8)29(35)11-10-27-32-26(23(2)20-25-21-31(40)44-33(25)41)12-17-38(32,22-43-24(3)39)19-18-36(27,37)7/h25,27-30,32H,9-22H2,1-8H3/b26-23+/t25?,27?,28?,29?,30-,32?,35-,36+,37+,38+/m0/s1. The number of allylic oxidation sites excluding steroid dienone is 2. The fourth-order valence-electron chi connectivity index (χ4n) is 13.1. The molecule has 6 fully saturated rings. The van der Waals surface area contributed by atoms with E-state index in [1.165, 1.54) is 56.6 Å². The molecule has 0 radical (unpaired) electrons. The van der Waals surface area contributed by atoms with Crippen molar-refractivity contribution in [2.75, 3.05) is 13.2 Å². The highest BCUT2D eigenvalue weighted by atomic mass is 16.6. The van der Waals surface area contributed by atoms with E-state index in [-0.39, 0.29) is 45.9 Å². The Balaban J connectivity index is 1.36. The lowest BCUT2D eigenvalue weighted by Gasteiger charge is -2.72. The quantitative estimate of drug-likeness (QED) is 0.171. The van der Waals surface area contributed by atoms with Crippen molar-refractivity contribution >= 4 is 17.9 Å². The molecule has 1 saturated heterocycles. The van der Waals surface area contributed by atoms with Crippen molar-refractivity contribution in [3.63, 3.8) is 0 Å². The van der Waals surface area contributed by atoms with Gasteiger partial charge in [0.2, 0.25) is 0 Å². The Labute approximate surface area is 265 Å². The number of carbonyl (C=O) groups excluding carboxylic acids is 3. The van der Waals surface area contributed by atoms with E-state index in [9.17, 15) is 14.4 Å². The first-order valence-corrected chi connectivity index (χ1v) is 17.8. The summed E-state index contributed by atoms with van der Waals surface area (Å²) >= 11 is 0. The number of esters is 3. The lowest BCUT2D eigenvalue weighted by molar-refractivity contribution is -0.249. The lowest BCUT2D eigenvalue weighted by atomic mass is 9.32. The Morgan fingerprint density at radius 3 is 2.30 bits per heavy atom. The average molecular weight is 611 g/mol. The van der Waals surface area contributed by atoms with Gasteiger partial charge in [0.25, 0.3) is 0 Å². The summed E-state index contributed by atoms with van der Waals surface area (Å²) in [6.45, 7) is 20.1. The minimum Gasteiger partial charge on any atom is -0.465 e. The Bertz CT molecular complexity index is 1230. The number of ether oxygens (including phenoxy) is 3. The Morgan fingerprint density at radius 2 is 1.64 bits per heavy atom. The fraction of sp³-hybridized carbons (Fsp3) is 0.868.